The van der Waals surface area contributed by atoms with Gasteiger partial charge in [0.1, 0.15) is 0 Å². The summed E-state index contributed by atoms with van der Waals surface area (Å²) < 4.78 is 5.46. The Bertz CT molecular complexity index is 1050. The zero-order chi connectivity index (χ0) is 21.1. The maximum absolute atomic E-state index is 12.8. The molecule has 8 heteroatoms. The Morgan fingerprint density at radius 2 is 2.10 bits per heavy atom. The highest BCUT2D eigenvalue weighted by molar-refractivity contribution is 6.35. The van der Waals surface area contributed by atoms with Crippen LogP contribution in [0.4, 0.5) is 5.69 Å². The number of anilines is 1. The first-order valence-electron chi connectivity index (χ1n) is 9.86. The topological polar surface area (TPSA) is 71.3 Å². The quantitative estimate of drug-likeness (QED) is 0.585. The van der Waals surface area contributed by atoms with Gasteiger partial charge in [-0.2, -0.15) is 4.98 Å². The van der Waals surface area contributed by atoms with Gasteiger partial charge in [-0.3, -0.25) is 9.69 Å². The number of likely N-dealkylation sites (tertiary alicyclic amines) is 1. The van der Waals surface area contributed by atoms with Crippen LogP contribution in [0.1, 0.15) is 24.3 Å². The van der Waals surface area contributed by atoms with Gasteiger partial charge in [-0.25, -0.2) is 0 Å². The number of aryl methyl sites for hydroxylation is 1. The van der Waals surface area contributed by atoms with Gasteiger partial charge in [0, 0.05) is 17.1 Å². The molecule has 6 nitrogen and oxygen atoms in total. The van der Waals surface area contributed by atoms with E-state index < -0.39 is 0 Å². The molecule has 1 atom stereocenters. The Hall–Kier alpha value is -2.41. The molecule has 0 aliphatic carbocycles. The smallest absolute Gasteiger partial charge is 0.241 e. The maximum atomic E-state index is 12.8. The minimum atomic E-state index is -0.146. The summed E-state index contributed by atoms with van der Waals surface area (Å²) >= 11 is 12.2. The molecule has 30 heavy (non-hydrogen) atoms. The molecular weight excluding hydrogens is 423 g/mol. The third-order valence-corrected chi connectivity index (χ3v) is 5.84. The Labute approximate surface area is 185 Å². The summed E-state index contributed by atoms with van der Waals surface area (Å²) in [6.07, 6.45) is 1.74. The highest BCUT2D eigenvalue weighted by Crippen LogP contribution is 2.27. The monoisotopic (exact) mass is 444 g/mol. The summed E-state index contributed by atoms with van der Waals surface area (Å²) in [6, 6.07) is 13.0. The van der Waals surface area contributed by atoms with Gasteiger partial charge in [-0.15, -0.1) is 0 Å². The lowest BCUT2D eigenvalue weighted by Crippen LogP contribution is -2.40. The van der Waals surface area contributed by atoms with Crippen molar-refractivity contribution < 1.29 is 9.32 Å². The van der Waals surface area contributed by atoms with E-state index in [0.717, 1.165) is 30.5 Å². The molecule has 1 N–H and O–H groups in total. The van der Waals surface area contributed by atoms with Crippen LogP contribution in [0.3, 0.4) is 0 Å². The van der Waals surface area contributed by atoms with Crippen LogP contribution in [0, 0.1) is 12.8 Å². The Morgan fingerprint density at radius 1 is 1.27 bits per heavy atom. The molecule has 1 fully saturated rings. The second kappa shape index (κ2) is 9.16. The number of piperidine rings is 1. The van der Waals surface area contributed by atoms with Crippen molar-refractivity contribution in [1.29, 1.82) is 0 Å². The van der Waals surface area contributed by atoms with Gasteiger partial charge in [0.05, 0.1) is 23.2 Å². The normalized spacial score (nSPS) is 17.1. The minimum Gasteiger partial charge on any atom is -0.338 e. The van der Waals surface area contributed by atoms with Gasteiger partial charge < -0.3 is 9.84 Å². The van der Waals surface area contributed by atoms with Crippen LogP contribution in [0.15, 0.2) is 47.0 Å². The van der Waals surface area contributed by atoms with Gasteiger partial charge in [0.15, 0.2) is 0 Å². The lowest BCUT2D eigenvalue weighted by atomic mass is 9.97. The van der Waals surface area contributed by atoms with E-state index in [1.54, 1.807) is 18.2 Å². The summed E-state index contributed by atoms with van der Waals surface area (Å²) in [5.41, 5.74) is 2.59. The fraction of sp³-hybridized carbons (Fsp3) is 0.318. The molecule has 1 amide bonds. The Kier molecular flexibility index (Phi) is 6.37. The Balaban J connectivity index is 1.39. The number of amides is 1. The summed E-state index contributed by atoms with van der Waals surface area (Å²) in [6.45, 7) is 4.03. The van der Waals surface area contributed by atoms with E-state index in [1.807, 2.05) is 31.2 Å². The SMILES string of the molecule is Cc1ccccc1-c1noc(CN2CCCC(C(=O)Nc3cc(Cl)ccc3Cl)C2)n1. The fourth-order valence-corrected chi connectivity index (χ4v) is 4.02. The van der Waals surface area contributed by atoms with E-state index in [0.29, 0.717) is 40.5 Å². The first kappa shape index (κ1) is 20.8. The van der Waals surface area contributed by atoms with Crippen molar-refractivity contribution in [3.05, 3.63) is 64.0 Å². The Morgan fingerprint density at radius 3 is 2.93 bits per heavy atom. The number of carbonyl (C=O) groups is 1. The molecule has 156 valence electrons. The lowest BCUT2D eigenvalue weighted by molar-refractivity contribution is -0.121. The standard InChI is InChI=1S/C22H22Cl2N4O2/c1-14-5-2-3-7-17(14)21-26-20(30-27-21)13-28-10-4-6-15(12-28)22(29)25-19-11-16(23)8-9-18(19)24/h2-3,5,7-9,11,15H,4,6,10,12-13H2,1H3,(H,25,29). The number of hydrogen-bond donors (Lipinski definition) is 1. The molecule has 1 aliphatic heterocycles. The van der Waals surface area contributed by atoms with Crippen molar-refractivity contribution >= 4 is 34.8 Å². The molecule has 0 bridgehead atoms. The number of nitrogens with one attached hydrogen (secondary N) is 1. The second-order valence-corrected chi connectivity index (χ2v) is 8.36. The first-order valence-corrected chi connectivity index (χ1v) is 10.6. The van der Waals surface area contributed by atoms with Crippen LogP contribution in [0.2, 0.25) is 10.0 Å². The summed E-state index contributed by atoms with van der Waals surface area (Å²) in [4.78, 5) is 19.5. The molecule has 2 heterocycles. The van der Waals surface area contributed by atoms with Crippen molar-refractivity contribution in [2.75, 3.05) is 18.4 Å². The van der Waals surface area contributed by atoms with E-state index >= 15 is 0 Å². The van der Waals surface area contributed by atoms with Crippen molar-refractivity contribution in [2.24, 2.45) is 5.92 Å². The minimum absolute atomic E-state index is 0.0602. The van der Waals surface area contributed by atoms with E-state index in [-0.39, 0.29) is 11.8 Å². The molecule has 3 aromatic rings. The fourth-order valence-electron chi connectivity index (χ4n) is 3.68. The number of nitrogens with zero attached hydrogens (tertiary/aromatic N) is 3. The van der Waals surface area contributed by atoms with Gasteiger partial charge in [-0.05, 0) is 50.1 Å². The average molecular weight is 445 g/mol. The van der Waals surface area contributed by atoms with Crippen LogP contribution < -0.4 is 5.32 Å². The molecule has 1 aliphatic rings. The van der Waals surface area contributed by atoms with Crippen LogP contribution in [0.5, 0.6) is 0 Å². The highest BCUT2D eigenvalue weighted by atomic mass is 35.5. The number of rotatable bonds is 5. The highest BCUT2D eigenvalue weighted by Gasteiger charge is 2.27. The van der Waals surface area contributed by atoms with Crippen LogP contribution in [-0.2, 0) is 11.3 Å². The number of carbonyl (C=O) groups excluding carboxylic acids is 1. The number of aromatic nitrogens is 2. The molecule has 4 rings (SSSR count). The molecule has 0 radical (unpaired) electrons. The molecule has 1 aromatic heterocycles. The van der Waals surface area contributed by atoms with E-state index in [2.05, 4.69) is 20.4 Å². The van der Waals surface area contributed by atoms with Gasteiger partial charge in [0.25, 0.3) is 0 Å². The zero-order valence-electron chi connectivity index (χ0n) is 16.6. The third kappa shape index (κ3) is 4.83. The summed E-state index contributed by atoms with van der Waals surface area (Å²) in [7, 11) is 0. The van der Waals surface area contributed by atoms with Gasteiger partial charge in [-0.1, -0.05) is 52.6 Å². The molecule has 1 saturated heterocycles. The van der Waals surface area contributed by atoms with Crippen LogP contribution in [-0.4, -0.2) is 34.0 Å². The molecule has 1 unspecified atom stereocenters. The van der Waals surface area contributed by atoms with E-state index in [9.17, 15) is 4.79 Å². The molecule has 2 aromatic carbocycles. The van der Waals surface area contributed by atoms with Crippen molar-refractivity contribution in [2.45, 2.75) is 26.3 Å². The maximum Gasteiger partial charge on any atom is 0.241 e. The van der Waals surface area contributed by atoms with Crippen LogP contribution >= 0.6 is 23.2 Å². The average Bonchev–Trinajstić information content (AvgIpc) is 3.19. The lowest BCUT2D eigenvalue weighted by Gasteiger charge is -2.30. The van der Waals surface area contributed by atoms with Crippen molar-refractivity contribution in [3.63, 3.8) is 0 Å². The summed E-state index contributed by atoms with van der Waals surface area (Å²) in [5, 5.41) is 8.02. The van der Waals surface area contributed by atoms with E-state index in [4.69, 9.17) is 27.7 Å². The molecular formula is C22H22Cl2N4O2. The summed E-state index contributed by atoms with van der Waals surface area (Å²) in [5.74, 6) is 0.930. The first-order chi connectivity index (χ1) is 14.5. The third-order valence-electron chi connectivity index (χ3n) is 5.28. The predicted molar refractivity (Wildman–Crippen MR) is 118 cm³/mol. The zero-order valence-corrected chi connectivity index (χ0v) is 18.1. The van der Waals surface area contributed by atoms with Crippen molar-refractivity contribution in [3.8, 4) is 11.4 Å². The molecule has 0 spiro atoms. The molecule has 0 saturated carbocycles. The number of benzene rings is 2. The predicted octanol–water partition coefficient (Wildman–Crippen LogP) is 5.20. The number of hydrogen-bond acceptors (Lipinski definition) is 5. The van der Waals surface area contributed by atoms with Gasteiger partial charge >= 0.3 is 0 Å². The van der Waals surface area contributed by atoms with E-state index in [1.165, 1.54) is 0 Å². The second-order valence-electron chi connectivity index (χ2n) is 7.51. The van der Waals surface area contributed by atoms with Crippen LogP contribution in [0.25, 0.3) is 11.4 Å². The van der Waals surface area contributed by atoms with Gasteiger partial charge in [0.2, 0.25) is 17.6 Å². The van der Waals surface area contributed by atoms with Crippen molar-refractivity contribution in [1.82, 2.24) is 15.0 Å². The number of halogens is 2. The largest absolute Gasteiger partial charge is 0.338 e.